The van der Waals surface area contributed by atoms with E-state index in [0.717, 1.165) is 31.2 Å². The maximum atomic E-state index is 12.6. The van der Waals surface area contributed by atoms with Crippen molar-refractivity contribution in [1.29, 1.82) is 5.26 Å². The lowest BCUT2D eigenvalue weighted by Crippen LogP contribution is -2.17. The van der Waals surface area contributed by atoms with Crippen molar-refractivity contribution >= 4 is 33.8 Å². The third-order valence-electron chi connectivity index (χ3n) is 4.08. The second-order valence-corrected chi connectivity index (χ2v) is 7.03. The van der Waals surface area contributed by atoms with Crippen LogP contribution in [0.3, 0.4) is 0 Å². The van der Waals surface area contributed by atoms with Crippen molar-refractivity contribution in [3.8, 4) is 6.07 Å². The third-order valence-corrected chi connectivity index (χ3v) is 5.74. The summed E-state index contributed by atoms with van der Waals surface area (Å²) < 4.78 is 1.59. The van der Waals surface area contributed by atoms with Gasteiger partial charge in [-0.3, -0.25) is 9.48 Å². The molecule has 0 unspecified atom stereocenters. The monoisotopic (exact) mass is 348 g/mol. The van der Waals surface area contributed by atoms with E-state index in [1.54, 1.807) is 11.6 Å². The van der Waals surface area contributed by atoms with E-state index in [2.05, 4.69) is 16.5 Å². The summed E-state index contributed by atoms with van der Waals surface area (Å²) in [6.07, 6.45) is 4.13. The minimum Gasteiger partial charge on any atom is -0.311 e. The average molecular weight is 349 g/mol. The topological polar surface area (TPSA) is 70.7 Å². The molecule has 23 heavy (non-hydrogen) atoms. The number of halogens is 1. The van der Waals surface area contributed by atoms with Crippen LogP contribution in [0.1, 0.15) is 52.0 Å². The van der Waals surface area contributed by atoms with Crippen molar-refractivity contribution in [2.75, 3.05) is 5.32 Å². The Morgan fingerprint density at radius 3 is 2.91 bits per heavy atom. The van der Waals surface area contributed by atoms with Crippen LogP contribution in [0.15, 0.2) is 0 Å². The van der Waals surface area contributed by atoms with E-state index >= 15 is 0 Å². The maximum absolute atomic E-state index is 12.6. The fraction of sp³-hybridized carbons (Fsp3) is 0.438. The zero-order valence-electron chi connectivity index (χ0n) is 13.1. The first-order valence-electron chi connectivity index (χ1n) is 7.65. The van der Waals surface area contributed by atoms with Gasteiger partial charge in [-0.25, -0.2) is 0 Å². The lowest BCUT2D eigenvalue weighted by molar-refractivity contribution is 0.101. The Morgan fingerprint density at radius 2 is 2.22 bits per heavy atom. The number of aryl methyl sites for hydroxylation is 3. The van der Waals surface area contributed by atoms with Crippen molar-refractivity contribution in [3.05, 3.63) is 32.4 Å². The smallest absolute Gasteiger partial charge is 0.276 e. The van der Waals surface area contributed by atoms with Crippen LogP contribution in [0, 0.1) is 18.3 Å². The number of aromatic nitrogens is 2. The Morgan fingerprint density at radius 1 is 1.48 bits per heavy atom. The second-order valence-electron chi connectivity index (χ2n) is 5.54. The summed E-state index contributed by atoms with van der Waals surface area (Å²) in [6.45, 7) is 4.24. The van der Waals surface area contributed by atoms with E-state index in [1.807, 2.05) is 6.92 Å². The SMILES string of the molecule is CCn1nc(C)c(Cl)c1C(=O)Nc1sc2c(c1C#N)CCCC2. The maximum Gasteiger partial charge on any atom is 0.276 e. The Labute approximate surface area is 143 Å². The average Bonchev–Trinajstić information content (AvgIpc) is 3.04. The number of nitriles is 1. The molecule has 0 bridgehead atoms. The van der Waals surface area contributed by atoms with E-state index < -0.39 is 0 Å². The number of thiophene rings is 1. The molecule has 2 heterocycles. The Bertz CT molecular complexity index is 815. The molecule has 0 aliphatic heterocycles. The molecular formula is C16H17ClN4OS. The summed E-state index contributed by atoms with van der Waals surface area (Å²) in [6, 6.07) is 2.25. The molecule has 0 radical (unpaired) electrons. The summed E-state index contributed by atoms with van der Waals surface area (Å²) in [4.78, 5) is 13.9. The van der Waals surface area contributed by atoms with Crippen molar-refractivity contribution in [3.63, 3.8) is 0 Å². The Hall–Kier alpha value is -1.84. The van der Waals surface area contributed by atoms with Gasteiger partial charge in [-0.2, -0.15) is 10.4 Å². The van der Waals surface area contributed by atoms with Gasteiger partial charge >= 0.3 is 0 Å². The highest BCUT2D eigenvalue weighted by Crippen LogP contribution is 2.38. The summed E-state index contributed by atoms with van der Waals surface area (Å²) >= 11 is 7.73. The van der Waals surface area contributed by atoms with Gasteiger partial charge < -0.3 is 5.32 Å². The lowest BCUT2D eigenvalue weighted by Gasteiger charge is -2.09. The summed E-state index contributed by atoms with van der Waals surface area (Å²) in [7, 11) is 0. The molecule has 0 saturated heterocycles. The molecule has 0 atom stereocenters. The second kappa shape index (κ2) is 6.34. The number of carbonyl (C=O) groups excluding carboxylic acids is 1. The Balaban J connectivity index is 1.95. The molecule has 7 heteroatoms. The van der Waals surface area contributed by atoms with E-state index in [1.165, 1.54) is 16.2 Å². The van der Waals surface area contributed by atoms with Gasteiger partial charge in [-0.1, -0.05) is 11.6 Å². The van der Waals surface area contributed by atoms with E-state index in [-0.39, 0.29) is 5.91 Å². The van der Waals surface area contributed by atoms with Crippen molar-refractivity contribution < 1.29 is 4.79 Å². The number of hydrogen-bond acceptors (Lipinski definition) is 4. The largest absolute Gasteiger partial charge is 0.311 e. The first-order valence-corrected chi connectivity index (χ1v) is 8.85. The molecule has 0 aromatic carbocycles. The van der Waals surface area contributed by atoms with Crippen molar-refractivity contribution in [2.45, 2.75) is 46.1 Å². The molecule has 0 fully saturated rings. The predicted molar refractivity (Wildman–Crippen MR) is 91.3 cm³/mol. The van der Waals surface area contributed by atoms with Crippen molar-refractivity contribution in [2.24, 2.45) is 0 Å². The van der Waals surface area contributed by atoms with Crippen LogP contribution >= 0.6 is 22.9 Å². The van der Waals surface area contributed by atoms with Gasteiger partial charge in [0, 0.05) is 11.4 Å². The summed E-state index contributed by atoms with van der Waals surface area (Å²) in [5, 5.41) is 17.6. The van der Waals surface area contributed by atoms with Crippen LogP contribution in [0.5, 0.6) is 0 Å². The van der Waals surface area contributed by atoms with Gasteiger partial charge in [-0.15, -0.1) is 11.3 Å². The number of nitrogens with one attached hydrogen (secondary N) is 1. The van der Waals surface area contributed by atoms with Crippen molar-refractivity contribution in [1.82, 2.24) is 9.78 Å². The Kier molecular flexibility index (Phi) is 4.42. The van der Waals surface area contributed by atoms with E-state index in [9.17, 15) is 10.1 Å². The molecular weight excluding hydrogens is 332 g/mol. The molecule has 1 aliphatic carbocycles. The molecule has 1 aliphatic rings. The van der Waals surface area contributed by atoms with Gasteiger partial charge in [0.2, 0.25) is 0 Å². The van der Waals surface area contributed by atoms with Crippen LogP contribution in [0.2, 0.25) is 5.02 Å². The van der Waals surface area contributed by atoms with Crippen LogP contribution in [-0.2, 0) is 19.4 Å². The van der Waals surface area contributed by atoms with E-state index in [4.69, 9.17) is 11.6 Å². The van der Waals surface area contributed by atoms with Gasteiger partial charge in [-0.05, 0) is 45.1 Å². The number of hydrogen-bond donors (Lipinski definition) is 1. The van der Waals surface area contributed by atoms with Crippen LogP contribution < -0.4 is 5.32 Å². The molecule has 0 spiro atoms. The summed E-state index contributed by atoms with van der Waals surface area (Å²) in [5.74, 6) is -0.312. The molecule has 0 saturated carbocycles. The lowest BCUT2D eigenvalue weighted by atomic mass is 9.96. The van der Waals surface area contributed by atoms with E-state index in [0.29, 0.717) is 33.5 Å². The number of nitrogens with zero attached hydrogens (tertiary/aromatic N) is 3. The summed E-state index contributed by atoms with van der Waals surface area (Å²) in [5.41, 5.74) is 2.69. The highest BCUT2D eigenvalue weighted by atomic mass is 35.5. The third kappa shape index (κ3) is 2.75. The molecule has 1 N–H and O–H groups in total. The fourth-order valence-electron chi connectivity index (χ4n) is 2.94. The number of anilines is 1. The number of rotatable bonds is 3. The first kappa shape index (κ1) is 16.0. The minimum absolute atomic E-state index is 0.312. The molecule has 3 rings (SSSR count). The van der Waals surface area contributed by atoms with Crippen LogP contribution in [-0.4, -0.2) is 15.7 Å². The zero-order chi connectivity index (χ0) is 16.6. The predicted octanol–water partition coefficient (Wildman–Crippen LogP) is 3.93. The molecule has 1 amide bonds. The molecule has 5 nitrogen and oxygen atoms in total. The number of fused-ring (bicyclic) bond motifs is 1. The zero-order valence-corrected chi connectivity index (χ0v) is 14.6. The fourth-order valence-corrected chi connectivity index (χ4v) is 4.40. The number of carbonyl (C=O) groups is 1. The molecule has 120 valence electrons. The standard InChI is InChI=1S/C16H17ClN4OS/c1-3-21-14(13(17)9(2)20-21)15(22)19-16-11(8-18)10-6-4-5-7-12(10)23-16/h3-7H2,1-2H3,(H,19,22). The highest BCUT2D eigenvalue weighted by Gasteiger charge is 2.25. The van der Waals surface area contributed by atoms with Gasteiger partial charge in [0.25, 0.3) is 5.91 Å². The first-order chi connectivity index (χ1) is 11.1. The normalized spacial score (nSPS) is 13.5. The van der Waals surface area contributed by atoms with Crippen LogP contribution in [0.4, 0.5) is 5.00 Å². The number of amides is 1. The quantitative estimate of drug-likeness (QED) is 0.913. The highest BCUT2D eigenvalue weighted by molar-refractivity contribution is 7.16. The van der Waals surface area contributed by atoms with Gasteiger partial charge in [0.1, 0.15) is 16.8 Å². The van der Waals surface area contributed by atoms with Gasteiger partial charge in [0.05, 0.1) is 16.3 Å². The minimum atomic E-state index is -0.312. The molecule has 2 aromatic rings. The van der Waals surface area contributed by atoms with Gasteiger partial charge in [0.15, 0.2) is 0 Å². The van der Waals surface area contributed by atoms with Crippen LogP contribution in [0.25, 0.3) is 0 Å². The molecule has 2 aromatic heterocycles.